The molecule has 1 amide bonds. The van der Waals surface area contributed by atoms with Gasteiger partial charge in [0.05, 0.1) is 6.54 Å². The molecule has 0 spiro atoms. The van der Waals surface area contributed by atoms with Gasteiger partial charge in [-0.15, -0.1) is 0 Å². The van der Waals surface area contributed by atoms with Crippen LogP contribution in [-0.2, 0) is 12.0 Å². The maximum absolute atomic E-state index is 12.1. The Morgan fingerprint density at radius 1 is 1.00 bits per heavy atom. The van der Waals surface area contributed by atoms with E-state index in [4.69, 9.17) is 0 Å². The highest BCUT2D eigenvalue weighted by Crippen LogP contribution is 2.22. The van der Waals surface area contributed by atoms with E-state index in [0.29, 0.717) is 5.56 Å². The van der Waals surface area contributed by atoms with Gasteiger partial charge in [-0.05, 0) is 28.7 Å². The fourth-order valence-corrected chi connectivity index (χ4v) is 2.08. The van der Waals surface area contributed by atoms with Crippen LogP contribution < -0.4 is 0 Å². The van der Waals surface area contributed by atoms with E-state index >= 15 is 0 Å². The van der Waals surface area contributed by atoms with Gasteiger partial charge < -0.3 is 0 Å². The van der Waals surface area contributed by atoms with Gasteiger partial charge in [0, 0.05) is 5.56 Å². The Morgan fingerprint density at radius 2 is 1.57 bits per heavy atom. The first-order valence-electron chi connectivity index (χ1n) is 7.03. The van der Waals surface area contributed by atoms with Crippen molar-refractivity contribution < 1.29 is 10.0 Å². The molecule has 0 radical (unpaired) electrons. The summed E-state index contributed by atoms with van der Waals surface area (Å²) in [4.78, 5) is 12.1. The molecular weight excluding hydrogens is 262 g/mol. The van der Waals surface area contributed by atoms with Crippen LogP contribution in [0.1, 0.15) is 42.3 Å². The van der Waals surface area contributed by atoms with Crippen LogP contribution in [0.15, 0.2) is 54.6 Å². The van der Waals surface area contributed by atoms with Crippen LogP contribution in [0.25, 0.3) is 0 Å². The van der Waals surface area contributed by atoms with Crippen LogP contribution in [0.4, 0.5) is 0 Å². The van der Waals surface area contributed by atoms with E-state index in [1.54, 1.807) is 24.3 Å². The quantitative estimate of drug-likeness (QED) is 0.683. The number of amides is 1. The van der Waals surface area contributed by atoms with Crippen molar-refractivity contribution >= 4 is 5.91 Å². The number of carbonyl (C=O) groups is 1. The second-order valence-electron chi connectivity index (χ2n) is 6.18. The predicted octanol–water partition coefficient (Wildman–Crippen LogP) is 4.02. The molecule has 0 unspecified atom stereocenters. The number of hydrogen-bond donors (Lipinski definition) is 1. The second-order valence-corrected chi connectivity index (χ2v) is 6.18. The van der Waals surface area contributed by atoms with Gasteiger partial charge in [-0.3, -0.25) is 10.0 Å². The Hall–Kier alpha value is -2.13. The summed E-state index contributed by atoms with van der Waals surface area (Å²) in [5.74, 6) is -0.393. The van der Waals surface area contributed by atoms with Crippen molar-refractivity contribution in [2.45, 2.75) is 32.7 Å². The van der Waals surface area contributed by atoms with Crippen molar-refractivity contribution in [1.29, 1.82) is 0 Å². The number of hydrogen-bond acceptors (Lipinski definition) is 2. The fourth-order valence-electron chi connectivity index (χ4n) is 2.08. The molecule has 1 N–H and O–H groups in total. The summed E-state index contributed by atoms with van der Waals surface area (Å²) in [6.45, 7) is 6.63. The summed E-state index contributed by atoms with van der Waals surface area (Å²) < 4.78 is 0. The van der Waals surface area contributed by atoms with E-state index in [1.165, 1.54) is 5.56 Å². The maximum atomic E-state index is 12.1. The molecule has 3 nitrogen and oxygen atoms in total. The number of hydroxylamine groups is 2. The smallest absolute Gasteiger partial charge is 0.277 e. The monoisotopic (exact) mass is 283 g/mol. The van der Waals surface area contributed by atoms with Gasteiger partial charge in [-0.2, -0.15) is 0 Å². The summed E-state index contributed by atoms with van der Waals surface area (Å²) in [6.07, 6.45) is 0. The molecule has 0 fully saturated rings. The standard InChI is InChI=1S/C18H21NO2/c1-18(2,3)16-11-9-14(10-12-16)13-19(21)17(20)15-7-5-4-6-8-15/h4-12,21H,13H2,1-3H3. The first kappa shape index (κ1) is 15.3. The van der Waals surface area contributed by atoms with Crippen molar-refractivity contribution in [3.8, 4) is 0 Å². The molecule has 3 heteroatoms. The zero-order chi connectivity index (χ0) is 15.5. The van der Waals surface area contributed by atoms with E-state index in [9.17, 15) is 10.0 Å². The van der Waals surface area contributed by atoms with Crippen LogP contribution in [0.5, 0.6) is 0 Å². The van der Waals surface area contributed by atoms with Gasteiger partial charge in [0.1, 0.15) is 0 Å². The normalized spacial score (nSPS) is 11.2. The minimum Gasteiger partial charge on any atom is -0.285 e. The predicted molar refractivity (Wildman–Crippen MR) is 83.2 cm³/mol. The van der Waals surface area contributed by atoms with E-state index in [-0.39, 0.29) is 12.0 Å². The molecule has 110 valence electrons. The first-order chi connectivity index (χ1) is 9.88. The Morgan fingerprint density at radius 3 is 2.10 bits per heavy atom. The number of rotatable bonds is 3. The highest BCUT2D eigenvalue weighted by molar-refractivity contribution is 5.93. The summed E-state index contributed by atoms with van der Waals surface area (Å²) in [7, 11) is 0. The fraction of sp³-hybridized carbons (Fsp3) is 0.278. The second kappa shape index (κ2) is 6.10. The van der Waals surface area contributed by atoms with Crippen molar-refractivity contribution in [1.82, 2.24) is 5.06 Å². The third-order valence-corrected chi connectivity index (χ3v) is 3.41. The van der Waals surface area contributed by atoms with E-state index < -0.39 is 5.91 Å². The lowest BCUT2D eigenvalue weighted by atomic mass is 9.87. The third kappa shape index (κ3) is 3.92. The van der Waals surface area contributed by atoms with E-state index in [1.807, 2.05) is 30.3 Å². The van der Waals surface area contributed by atoms with Crippen molar-refractivity contribution in [2.75, 3.05) is 0 Å². The summed E-state index contributed by atoms with van der Waals surface area (Å²) in [6, 6.07) is 16.7. The van der Waals surface area contributed by atoms with E-state index in [0.717, 1.165) is 10.6 Å². The Kier molecular flexibility index (Phi) is 4.43. The number of benzene rings is 2. The molecular formula is C18H21NO2. The Balaban J connectivity index is 2.06. The molecule has 21 heavy (non-hydrogen) atoms. The number of nitrogens with zero attached hydrogens (tertiary/aromatic N) is 1. The summed E-state index contributed by atoms with van der Waals surface area (Å²) >= 11 is 0. The zero-order valence-corrected chi connectivity index (χ0v) is 12.7. The summed E-state index contributed by atoms with van der Waals surface area (Å²) in [5, 5.41) is 10.7. The molecule has 0 bridgehead atoms. The highest BCUT2D eigenvalue weighted by atomic mass is 16.5. The lowest BCUT2D eigenvalue weighted by Gasteiger charge is -2.20. The van der Waals surface area contributed by atoms with Crippen LogP contribution >= 0.6 is 0 Å². The molecule has 0 aliphatic heterocycles. The lowest BCUT2D eigenvalue weighted by molar-refractivity contribution is -0.0648. The van der Waals surface area contributed by atoms with Gasteiger partial charge in [0.15, 0.2) is 0 Å². The van der Waals surface area contributed by atoms with Gasteiger partial charge >= 0.3 is 0 Å². The van der Waals surface area contributed by atoms with Gasteiger partial charge in [-0.25, -0.2) is 5.06 Å². The zero-order valence-electron chi connectivity index (χ0n) is 12.7. The Bertz CT molecular complexity index is 597. The average Bonchev–Trinajstić information content (AvgIpc) is 2.47. The van der Waals surface area contributed by atoms with Crippen LogP contribution in [0.3, 0.4) is 0 Å². The molecule has 0 aromatic heterocycles. The van der Waals surface area contributed by atoms with Gasteiger partial charge in [-0.1, -0.05) is 63.2 Å². The summed E-state index contributed by atoms with van der Waals surface area (Å²) in [5.41, 5.74) is 2.70. The molecule has 2 rings (SSSR count). The van der Waals surface area contributed by atoms with Crippen LogP contribution in [0, 0.1) is 0 Å². The molecule has 0 heterocycles. The van der Waals surface area contributed by atoms with Crippen molar-refractivity contribution in [2.24, 2.45) is 0 Å². The highest BCUT2D eigenvalue weighted by Gasteiger charge is 2.15. The largest absolute Gasteiger partial charge is 0.285 e. The molecule has 2 aromatic carbocycles. The Labute approximate surface area is 125 Å². The minimum absolute atomic E-state index is 0.0945. The minimum atomic E-state index is -0.393. The van der Waals surface area contributed by atoms with Crippen molar-refractivity contribution in [3.63, 3.8) is 0 Å². The van der Waals surface area contributed by atoms with E-state index in [2.05, 4.69) is 20.8 Å². The van der Waals surface area contributed by atoms with Gasteiger partial charge in [0.25, 0.3) is 5.91 Å². The molecule has 0 saturated heterocycles. The topological polar surface area (TPSA) is 40.5 Å². The molecule has 0 saturated carbocycles. The van der Waals surface area contributed by atoms with Crippen molar-refractivity contribution in [3.05, 3.63) is 71.3 Å². The van der Waals surface area contributed by atoms with Crippen LogP contribution in [-0.4, -0.2) is 16.2 Å². The molecule has 2 aromatic rings. The first-order valence-corrected chi connectivity index (χ1v) is 7.03. The SMILES string of the molecule is CC(C)(C)c1ccc(CN(O)C(=O)c2ccccc2)cc1. The maximum Gasteiger partial charge on any atom is 0.277 e. The lowest BCUT2D eigenvalue weighted by Crippen LogP contribution is -2.26. The van der Waals surface area contributed by atoms with Crippen LogP contribution in [0.2, 0.25) is 0 Å². The molecule has 0 aliphatic rings. The van der Waals surface area contributed by atoms with Gasteiger partial charge in [0.2, 0.25) is 0 Å². The molecule has 0 aliphatic carbocycles. The number of carbonyl (C=O) groups excluding carboxylic acids is 1. The third-order valence-electron chi connectivity index (χ3n) is 3.41. The molecule has 0 atom stereocenters. The average molecular weight is 283 g/mol.